The zero-order valence-corrected chi connectivity index (χ0v) is 19.1. The van der Waals surface area contributed by atoms with E-state index >= 15 is 0 Å². The molecule has 33 heavy (non-hydrogen) atoms. The van der Waals surface area contributed by atoms with Gasteiger partial charge in [-0.25, -0.2) is 8.42 Å². The Morgan fingerprint density at radius 2 is 1.33 bits per heavy atom. The van der Waals surface area contributed by atoms with E-state index in [1.165, 1.54) is 0 Å². The molecule has 0 atom stereocenters. The number of ether oxygens (including phenoxy) is 1. The van der Waals surface area contributed by atoms with Crippen LogP contribution in [0.2, 0.25) is 0 Å². The van der Waals surface area contributed by atoms with Gasteiger partial charge in [0, 0.05) is 29.9 Å². The number of nitrogens with zero attached hydrogens (tertiary/aromatic N) is 1. The molecular weight excluding hydrogens is 436 g/mol. The van der Waals surface area contributed by atoms with Gasteiger partial charge in [-0.05, 0) is 49.2 Å². The van der Waals surface area contributed by atoms with Crippen molar-refractivity contribution in [2.75, 3.05) is 18.4 Å². The van der Waals surface area contributed by atoms with Gasteiger partial charge in [-0.2, -0.15) is 4.31 Å². The van der Waals surface area contributed by atoms with Crippen molar-refractivity contribution in [1.29, 1.82) is 0 Å². The molecule has 1 amide bonds. The topological polar surface area (TPSA) is 75.7 Å². The fourth-order valence-corrected chi connectivity index (χ4v) is 6.07. The van der Waals surface area contributed by atoms with Crippen LogP contribution in [0, 0.1) is 0 Å². The van der Waals surface area contributed by atoms with E-state index in [9.17, 15) is 13.2 Å². The first kappa shape index (κ1) is 21.7. The molecule has 0 radical (unpaired) electrons. The lowest BCUT2D eigenvalue weighted by Crippen LogP contribution is -2.31. The maximum atomic E-state index is 13.4. The van der Waals surface area contributed by atoms with Crippen molar-refractivity contribution in [3.8, 4) is 11.5 Å². The Morgan fingerprint density at radius 1 is 0.788 bits per heavy atom. The summed E-state index contributed by atoms with van der Waals surface area (Å²) in [5, 5.41) is 2.96. The number of hydrogen-bond acceptors (Lipinski definition) is 4. The highest BCUT2D eigenvalue weighted by atomic mass is 32.2. The first-order valence-electron chi connectivity index (χ1n) is 11.3. The average molecular weight is 463 g/mol. The van der Waals surface area contributed by atoms with E-state index in [-0.39, 0.29) is 10.8 Å². The Kier molecular flexibility index (Phi) is 5.91. The van der Waals surface area contributed by atoms with Gasteiger partial charge in [-0.1, -0.05) is 49.2 Å². The monoisotopic (exact) mass is 462 g/mol. The van der Waals surface area contributed by atoms with E-state index in [1.54, 1.807) is 28.6 Å². The molecule has 1 saturated heterocycles. The van der Waals surface area contributed by atoms with Crippen LogP contribution in [0.25, 0.3) is 0 Å². The van der Waals surface area contributed by atoms with Gasteiger partial charge in [0.15, 0.2) is 0 Å². The number of benzene rings is 3. The lowest BCUT2D eigenvalue weighted by atomic mass is 9.87. The zero-order valence-electron chi connectivity index (χ0n) is 18.2. The minimum atomic E-state index is -3.53. The molecule has 0 spiro atoms. The molecule has 2 heterocycles. The molecule has 170 valence electrons. The van der Waals surface area contributed by atoms with Crippen molar-refractivity contribution in [1.82, 2.24) is 4.31 Å². The van der Waals surface area contributed by atoms with Crippen LogP contribution in [0.3, 0.4) is 0 Å². The lowest BCUT2D eigenvalue weighted by molar-refractivity contribution is -0.116. The van der Waals surface area contributed by atoms with E-state index in [1.807, 2.05) is 48.5 Å². The van der Waals surface area contributed by atoms with Crippen LogP contribution in [0.5, 0.6) is 11.5 Å². The molecule has 6 nitrogen and oxygen atoms in total. The smallest absolute Gasteiger partial charge is 0.243 e. The summed E-state index contributed by atoms with van der Waals surface area (Å²) in [7, 11) is -3.53. The quantitative estimate of drug-likeness (QED) is 0.583. The Labute approximate surface area is 194 Å². The number of amides is 1. The summed E-state index contributed by atoms with van der Waals surface area (Å²) in [6.45, 7) is 1.12. The number of para-hydroxylation sites is 2. The molecule has 0 aromatic heterocycles. The second-order valence-corrected chi connectivity index (χ2v) is 10.4. The van der Waals surface area contributed by atoms with E-state index in [4.69, 9.17) is 4.74 Å². The molecule has 0 saturated carbocycles. The molecule has 2 aliphatic rings. The Morgan fingerprint density at radius 3 is 1.91 bits per heavy atom. The van der Waals surface area contributed by atoms with Crippen LogP contribution in [0.1, 0.15) is 42.7 Å². The number of sulfonamides is 1. The fourth-order valence-electron chi connectivity index (χ4n) is 4.55. The second-order valence-electron chi connectivity index (χ2n) is 8.44. The highest BCUT2D eigenvalue weighted by molar-refractivity contribution is 7.89. The summed E-state index contributed by atoms with van der Waals surface area (Å²) in [5.41, 5.74) is 2.15. The third-order valence-corrected chi connectivity index (χ3v) is 8.18. The number of anilines is 1. The van der Waals surface area contributed by atoms with Crippen LogP contribution in [-0.4, -0.2) is 31.7 Å². The maximum absolute atomic E-state index is 13.4. The summed E-state index contributed by atoms with van der Waals surface area (Å²) >= 11 is 0. The van der Waals surface area contributed by atoms with E-state index in [0.29, 0.717) is 30.3 Å². The van der Waals surface area contributed by atoms with Crippen LogP contribution < -0.4 is 10.1 Å². The molecule has 3 aromatic rings. The van der Waals surface area contributed by atoms with Gasteiger partial charge < -0.3 is 10.1 Å². The number of nitrogens with one attached hydrogen (secondary N) is 1. The van der Waals surface area contributed by atoms with Crippen molar-refractivity contribution < 1.29 is 17.9 Å². The Hall–Kier alpha value is -3.16. The zero-order chi connectivity index (χ0) is 22.8. The van der Waals surface area contributed by atoms with Gasteiger partial charge >= 0.3 is 0 Å². The molecule has 0 aliphatic carbocycles. The summed E-state index contributed by atoms with van der Waals surface area (Å²) < 4.78 is 33.6. The number of carbonyl (C=O) groups is 1. The molecule has 5 rings (SSSR count). The van der Waals surface area contributed by atoms with Crippen molar-refractivity contribution in [2.24, 2.45) is 0 Å². The highest BCUT2D eigenvalue weighted by Gasteiger charge is 2.32. The largest absolute Gasteiger partial charge is 0.457 e. The highest BCUT2D eigenvalue weighted by Crippen LogP contribution is 2.44. The fraction of sp³-hybridized carbons (Fsp3) is 0.269. The normalized spacial score (nSPS) is 16.7. The van der Waals surface area contributed by atoms with Gasteiger partial charge in [0.2, 0.25) is 15.9 Å². The summed E-state index contributed by atoms with van der Waals surface area (Å²) in [4.78, 5) is 13.6. The Balaban J connectivity index is 1.38. The van der Waals surface area contributed by atoms with Crippen LogP contribution in [-0.2, 0) is 14.8 Å². The van der Waals surface area contributed by atoms with Crippen LogP contribution >= 0.6 is 0 Å². The molecular formula is C26H26N2O4S. The van der Waals surface area contributed by atoms with E-state index < -0.39 is 15.9 Å². The Bertz CT molecular complexity index is 1220. The number of carbonyl (C=O) groups excluding carboxylic acids is 1. The molecule has 3 aromatic carbocycles. The minimum absolute atomic E-state index is 0.193. The first-order valence-corrected chi connectivity index (χ1v) is 12.7. The number of rotatable bonds is 4. The van der Waals surface area contributed by atoms with E-state index in [0.717, 1.165) is 36.8 Å². The molecule has 1 N–H and O–H groups in total. The van der Waals surface area contributed by atoms with Gasteiger partial charge in [-0.3, -0.25) is 4.79 Å². The molecule has 1 fully saturated rings. The van der Waals surface area contributed by atoms with Gasteiger partial charge in [-0.15, -0.1) is 0 Å². The SMILES string of the molecule is O=C(Nc1ccc(S(=O)(=O)N2CCCCCC2)cc1)C1c2ccccc2Oc2ccccc21. The standard InChI is InChI=1S/C26H26N2O4S/c29-26(25-21-9-3-5-11-23(21)32-24-12-6-4-10-22(24)25)27-19-13-15-20(16-14-19)33(30,31)28-17-7-1-2-8-18-28/h3-6,9-16,25H,1-2,7-8,17-18H2,(H,27,29). The molecule has 2 aliphatic heterocycles. The third kappa shape index (κ3) is 4.26. The van der Waals surface area contributed by atoms with Crippen molar-refractivity contribution in [3.63, 3.8) is 0 Å². The summed E-state index contributed by atoms with van der Waals surface area (Å²) in [6, 6.07) is 21.5. The average Bonchev–Trinajstić information content (AvgIpc) is 3.13. The first-order chi connectivity index (χ1) is 16.0. The van der Waals surface area contributed by atoms with E-state index in [2.05, 4.69) is 5.32 Å². The lowest BCUT2D eigenvalue weighted by Gasteiger charge is -2.27. The van der Waals surface area contributed by atoms with Crippen LogP contribution in [0.4, 0.5) is 5.69 Å². The van der Waals surface area contributed by atoms with Gasteiger partial charge in [0.05, 0.1) is 10.8 Å². The minimum Gasteiger partial charge on any atom is -0.457 e. The predicted octanol–water partition coefficient (Wildman–Crippen LogP) is 5.13. The second kappa shape index (κ2) is 9.00. The van der Waals surface area contributed by atoms with Crippen molar-refractivity contribution >= 4 is 21.6 Å². The molecule has 0 unspecified atom stereocenters. The van der Waals surface area contributed by atoms with Crippen molar-refractivity contribution in [3.05, 3.63) is 83.9 Å². The molecule has 0 bridgehead atoms. The number of hydrogen-bond donors (Lipinski definition) is 1. The summed E-state index contributed by atoms with van der Waals surface area (Å²) in [6.07, 6.45) is 3.91. The number of fused-ring (bicyclic) bond motifs is 2. The van der Waals surface area contributed by atoms with Gasteiger partial charge in [0.1, 0.15) is 11.5 Å². The predicted molar refractivity (Wildman–Crippen MR) is 127 cm³/mol. The third-order valence-electron chi connectivity index (χ3n) is 6.27. The van der Waals surface area contributed by atoms with Crippen LogP contribution in [0.15, 0.2) is 77.7 Å². The molecule has 7 heteroatoms. The van der Waals surface area contributed by atoms with Crippen molar-refractivity contribution in [2.45, 2.75) is 36.5 Å². The summed E-state index contributed by atoms with van der Waals surface area (Å²) in [5.74, 6) is 0.610. The maximum Gasteiger partial charge on any atom is 0.243 e. The van der Waals surface area contributed by atoms with Gasteiger partial charge in [0.25, 0.3) is 0 Å².